The van der Waals surface area contributed by atoms with Gasteiger partial charge in [0.2, 0.25) is 10.0 Å². The van der Waals surface area contributed by atoms with Crippen LogP contribution in [-0.4, -0.2) is 48.7 Å². The van der Waals surface area contributed by atoms with Gasteiger partial charge in [0.25, 0.3) is 0 Å². The number of sulfonamides is 1. The molecule has 0 amide bonds. The first kappa shape index (κ1) is 15.9. The number of para-hydroxylation sites is 1. The van der Waals surface area contributed by atoms with Gasteiger partial charge in [-0.15, -0.1) is 0 Å². The Hall–Kier alpha value is -2.03. The molecule has 0 bridgehead atoms. The largest absolute Gasteiger partial charge is 0.378 e. The predicted octanol–water partition coefficient (Wildman–Crippen LogP) is 1.55. The van der Waals surface area contributed by atoms with Gasteiger partial charge < -0.3 is 10.1 Å². The molecule has 3 rings (SSSR count). The maximum atomic E-state index is 11.9. The fourth-order valence-electron chi connectivity index (χ4n) is 2.46. The SMILES string of the molecule is CS(=O)(=O)N1CCOC[C@H]1c1nccc(Nc2ccccc2)n1. The van der Waals surface area contributed by atoms with Crippen LogP contribution in [0, 0.1) is 0 Å². The molecular formula is C15H18N4O3S. The second-order valence-electron chi connectivity index (χ2n) is 5.26. The van der Waals surface area contributed by atoms with Crippen LogP contribution in [0.2, 0.25) is 0 Å². The highest BCUT2D eigenvalue weighted by molar-refractivity contribution is 7.88. The van der Waals surface area contributed by atoms with Crippen molar-refractivity contribution in [2.24, 2.45) is 0 Å². The van der Waals surface area contributed by atoms with Crippen LogP contribution >= 0.6 is 0 Å². The van der Waals surface area contributed by atoms with Crippen molar-refractivity contribution in [1.82, 2.24) is 14.3 Å². The van der Waals surface area contributed by atoms with Gasteiger partial charge in [-0.3, -0.25) is 0 Å². The van der Waals surface area contributed by atoms with Gasteiger partial charge in [0.15, 0.2) is 5.82 Å². The van der Waals surface area contributed by atoms with E-state index in [0.717, 1.165) is 5.69 Å². The third-order valence-corrected chi connectivity index (χ3v) is 4.81. The lowest BCUT2D eigenvalue weighted by Gasteiger charge is -2.32. The standard InChI is InChI=1S/C15H18N4O3S/c1-23(20,21)19-9-10-22-11-13(19)15-16-8-7-14(18-15)17-12-5-3-2-4-6-12/h2-8,13H,9-11H2,1H3,(H,16,17,18)/t13-/m0/s1. The molecule has 23 heavy (non-hydrogen) atoms. The van der Waals surface area contributed by atoms with E-state index in [9.17, 15) is 8.42 Å². The van der Waals surface area contributed by atoms with Crippen LogP contribution in [0.4, 0.5) is 11.5 Å². The molecule has 2 aromatic rings. The second-order valence-corrected chi connectivity index (χ2v) is 7.19. The quantitative estimate of drug-likeness (QED) is 0.913. The summed E-state index contributed by atoms with van der Waals surface area (Å²) in [5.74, 6) is 1.04. The van der Waals surface area contributed by atoms with Gasteiger partial charge in [0, 0.05) is 18.4 Å². The Kier molecular flexibility index (Phi) is 4.56. The molecule has 122 valence electrons. The second kappa shape index (κ2) is 6.61. The van der Waals surface area contributed by atoms with Crippen molar-refractivity contribution in [3.8, 4) is 0 Å². The number of ether oxygens (including phenoxy) is 1. The summed E-state index contributed by atoms with van der Waals surface area (Å²) in [6.07, 6.45) is 2.81. The van der Waals surface area contributed by atoms with Crippen LogP contribution in [0.1, 0.15) is 11.9 Å². The van der Waals surface area contributed by atoms with Crippen LogP contribution in [-0.2, 0) is 14.8 Å². The van der Waals surface area contributed by atoms with Crippen LogP contribution in [0.5, 0.6) is 0 Å². The summed E-state index contributed by atoms with van der Waals surface area (Å²) >= 11 is 0. The monoisotopic (exact) mass is 334 g/mol. The fourth-order valence-corrected chi connectivity index (χ4v) is 3.49. The summed E-state index contributed by atoms with van der Waals surface area (Å²) in [4.78, 5) is 8.68. The fraction of sp³-hybridized carbons (Fsp3) is 0.333. The van der Waals surface area contributed by atoms with E-state index in [4.69, 9.17) is 4.74 Å². The topological polar surface area (TPSA) is 84.4 Å². The molecule has 0 saturated carbocycles. The lowest BCUT2D eigenvalue weighted by molar-refractivity contribution is 0.0293. The molecule has 1 aliphatic rings. The number of rotatable bonds is 4. The molecule has 2 heterocycles. The van der Waals surface area contributed by atoms with Crippen LogP contribution in [0.3, 0.4) is 0 Å². The lowest BCUT2D eigenvalue weighted by atomic mass is 10.2. The minimum atomic E-state index is -3.34. The highest BCUT2D eigenvalue weighted by Crippen LogP contribution is 2.25. The summed E-state index contributed by atoms with van der Waals surface area (Å²) in [5.41, 5.74) is 0.900. The molecule has 1 saturated heterocycles. The third-order valence-electron chi connectivity index (χ3n) is 3.52. The Balaban J connectivity index is 1.86. The van der Waals surface area contributed by atoms with E-state index in [1.165, 1.54) is 10.6 Å². The van der Waals surface area contributed by atoms with E-state index in [-0.39, 0.29) is 6.61 Å². The first-order chi connectivity index (χ1) is 11.0. The Bertz CT molecular complexity index is 767. The van der Waals surface area contributed by atoms with Gasteiger partial charge in [0.05, 0.1) is 19.5 Å². The van der Waals surface area contributed by atoms with Crippen molar-refractivity contribution in [2.45, 2.75) is 6.04 Å². The number of hydrogen-bond donors (Lipinski definition) is 1. The van der Waals surface area contributed by atoms with Gasteiger partial charge in [0.1, 0.15) is 11.9 Å². The molecule has 0 spiro atoms. The maximum absolute atomic E-state index is 11.9. The Labute approximate surface area is 135 Å². The average Bonchev–Trinajstić information content (AvgIpc) is 2.55. The van der Waals surface area contributed by atoms with Crippen molar-refractivity contribution < 1.29 is 13.2 Å². The number of nitrogens with zero attached hydrogens (tertiary/aromatic N) is 3. The summed E-state index contributed by atoms with van der Waals surface area (Å²) in [6, 6.07) is 10.9. The average molecular weight is 334 g/mol. The zero-order chi connectivity index (χ0) is 16.3. The molecule has 7 nitrogen and oxygen atoms in total. The molecule has 1 fully saturated rings. The Morgan fingerprint density at radius 2 is 2.04 bits per heavy atom. The molecule has 1 atom stereocenters. The van der Waals surface area contributed by atoms with E-state index in [0.29, 0.717) is 24.8 Å². The van der Waals surface area contributed by atoms with Crippen LogP contribution in [0.25, 0.3) is 0 Å². The van der Waals surface area contributed by atoms with Gasteiger partial charge in [-0.1, -0.05) is 18.2 Å². The number of nitrogens with one attached hydrogen (secondary N) is 1. The molecule has 1 aliphatic heterocycles. The van der Waals surface area contributed by atoms with Crippen molar-refractivity contribution in [1.29, 1.82) is 0 Å². The van der Waals surface area contributed by atoms with E-state index in [1.54, 1.807) is 12.3 Å². The third kappa shape index (κ3) is 3.84. The Morgan fingerprint density at radius 1 is 1.26 bits per heavy atom. The van der Waals surface area contributed by atoms with E-state index < -0.39 is 16.1 Å². The van der Waals surface area contributed by atoms with Crippen molar-refractivity contribution in [3.63, 3.8) is 0 Å². The molecular weight excluding hydrogens is 316 g/mol. The first-order valence-electron chi connectivity index (χ1n) is 7.23. The molecule has 1 aromatic heterocycles. The number of hydrogen-bond acceptors (Lipinski definition) is 6. The van der Waals surface area contributed by atoms with Crippen molar-refractivity contribution in [3.05, 3.63) is 48.4 Å². The molecule has 0 aliphatic carbocycles. The zero-order valence-corrected chi connectivity index (χ0v) is 13.5. The summed E-state index contributed by atoms with van der Waals surface area (Å²) in [7, 11) is -3.34. The zero-order valence-electron chi connectivity index (χ0n) is 12.7. The number of aromatic nitrogens is 2. The Morgan fingerprint density at radius 3 is 2.78 bits per heavy atom. The highest BCUT2D eigenvalue weighted by Gasteiger charge is 2.33. The van der Waals surface area contributed by atoms with Crippen LogP contribution < -0.4 is 5.32 Å². The summed E-state index contributed by atoms with van der Waals surface area (Å²) in [5, 5.41) is 3.18. The number of benzene rings is 1. The van der Waals surface area contributed by atoms with E-state index in [2.05, 4.69) is 15.3 Å². The first-order valence-corrected chi connectivity index (χ1v) is 9.08. The highest BCUT2D eigenvalue weighted by atomic mass is 32.2. The van der Waals surface area contributed by atoms with E-state index >= 15 is 0 Å². The molecule has 1 N–H and O–H groups in total. The molecule has 1 aromatic carbocycles. The van der Waals surface area contributed by atoms with Gasteiger partial charge in [-0.05, 0) is 18.2 Å². The normalized spacial score (nSPS) is 19.4. The number of morpholine rings is 1. The smallest absolute Gasteiger partial charge is 0.212 e. The van der Waals surface area contributed by atoms with Gasteiger partial charge >= 0.3 is 0 Å². The van der Waals surface area contributed by atoms with Gasteiger partial charge in [-0.2, -0.15) is 4.31 Å². The van der Waals surface area contributed by atoms with E-state index in [1.807, 2.05) is 30.3 Å². The molecule has 0 radical (unpaired) electrons. The lowest BCUT2D eigenvalue weighted by Crippen LogP contribution is -2.43. The predicted molar refractivity (Wildman–Crippen MR) is 86.9 cm³/mol. The summed E-state index contributed by atoms with van der Waals surface area (Å²) in [6.45, 7) is 0.941. The number of anilines is 2. The van der Waals surface area contributed by atoms with Gasteiger partial charge in [-0.25, -0.2) is 18.4 Å². The minimum absolute atomic E-state index is 0.252. The van der Waals surface area contributed by atoms with Crippen LogP contribution in [0.15, 0.2) is 42.6 Å². The minimum Gasteiger partial charge on any atom is -0.378 e. The molecule has 0 unspecified atom stereocenters. The maximum Gasteiger partial charge on any atom is 0.212 e. The van der Waals surface area contributed by atoms with Crippen molar-refractivity contribution >= 4 is 21.5 Å². The van der Waals surface area contributed by atoms with Crippen molar-refractivity contribution in [2.75, 3.05) is 31.3 Å². The summed E-state index contributed by atoms with van der Waals surface area (Å²) < 4.78 is 30.7. The molecule has 8 heteroatoms.